The van der Waals surface area contributed by atoms with Crippen molar-refractivity contribution < 1.29 is 9.59 Å². The molecular weight excluding hydrogens is 340 g/mol. The zero-order valence-electron chi connectivity index (χ0n) is 13.7. The summed E-state index contributed by atoms with van der Waals surface area (Å²) >= 11 is 6.25. The summed E-state index contributed by atoms with van der Waals surface area (Å²) in [6, 6.07) is 5.26. The molecule has 7 heteroatoms. The van der Waals surface area contributed by atoms with E-state index in [9.17, 15) is 14.9 Å². The maximum Gasteiger partial charge on any atom is 0.253 e. The molecule has 4 rings (SSSR count). The van der Waals surface area contributed by atoms with Crippen molar-refractivity contribution in [2.24, 2.45) is 5.92 Å². The third kappa shape index (κ3) is 3.05. The highest BCUT2D eigenvalue weighted by molar-refractivity contribution is 6.34. The molecule has 2 amide bonds. The number of halogens is 1. The molecule has 6 nitrogen and oxygen atoms in total. The second kappa shape index (κ2) is 6.23. The summed E-state index contributed by atoms with van der Waals surface area (Å²) in [7, 11) is 0. The molecule has 0 radical (unpaired) electrons. The lowest BCUT2D eigenvalue weighted by atomic mass is 9.95. The summed E-state index contributed by atoms with van der Waals surface area (Å²) in [5.41, 5.74) is 0.992. The van der Waals surface area contributed by atoms with Gasteiger partial charge in [0.15, 0.2) is 6.19 Å². The van der Waals surface area contributed by atoms with E-state index < -0.39 is 0 Å². The van der Waals surface area contributed by atoms with Crippen LogP contribution in [0.15, 0.2) is 18.2 Å². The van der Waals surface area contributed by atoms with E-state index in [-0.39, 0.29) is 35.9 Å². The van der Waals surface area contributed by atoms with Gasteiger partial charge in [-0.15, -0.1) is 0 Å². The van der Waals surface area contributed by atoms with Gasteiger partial charge in [0, 0.05) is 17.6 Å². The first kappa shape index (κ1) is 16.2. The van der Waals surface area contributed by atoms with E-state index in [0.717, 1.165) is 32.1 Å². The highest BCUT2D eigenvalue weighted by Gasteiger charge is 2.46. The smallest absolute Gasteiger partial charge is 0.253 e. The topological polar surface area (TPSA) is 85.2 Å². The number of carbonyl (C=O) groups excluding carboxylic acids is 2. The number of carbonyl (C=O) groups is 2. The number of hydrogen-bond acceptors (Lipinski definition) is 4. The summed E-state index contributed by atoms with van der Waals surface area (Å²) in [5, 5.41) is 15.4. The summed E-state index contributed by atoms with van der Waals surface area (Å²) < 4.78 is 0. The van der Waals surface area contributed by atoms with E-state index in [4.69, 9.17) is 11.6 Å². The number of amides is 2. The van der Waals surface area contributed by atoms with Gasteiger partial charge in [-0.25, -0.2) is 0 Å². The van der Waals surface area contributed by atoms with Crippen LogP contribution in [0.5, 0.6) is 0 Å². The molecule has 2 saturated heterocycles. The van der Waals surface area contributed by atoms with Crippen molar-refractivity contribution >= 4 is 29.1 Å². The Morgan fingerprint density at radius 1 is 1.24 bits per heavy atom. The van der Waals surface area contributed by atoms with Crippen LogP contribution >= 0.6 is 11.6 Å². The van der Waals surface area contributed by atoms with Gasteiger partial charge in [0.25, 0.3) is 5.91 Å². The number of nitriles is 1. The van der Waals surface area contributed by atoms with Gasteiger partial charge in [0.2, 0.25) is 5.91 Å². The van der Waals surface area contributed by atoms with Crippen molar-refractivity contribution in [3.8, 4) is 6.19 Å². The largest absolute Gasteiger partial charge is 0.347 e. The van der Waals surface area contributed by atoms with Gasteiger partial charge in [-0.2, -0.15) is 5.26 Å². The molecule has 25 heavy (non-hydrogen) atoms. The lowest BCUT2D eigenvalue weighted by molar-refractivity contribution is -0.117. The molecule has 1 aromatic rings. The molecular formula is C18H19ClN4O2. The minimum atomic E-state index is -0.236. The first-order chi connectivity index (χ1) is 12.1. The maximum atomic E-state index is 12.6. The monoisotopic (exact) mass is 358 g/mol. The number of benzene rings is 1. The number of rotatable bonds is 4. The van der Waals surface area contributed by atoms with Crippen LogP contribution in [0.25, 0.3) is 0 Å². The fourth-order valence-corrected chi connectivity index (χ4v) is 4.18. The molecule has 3 fully saturated rings. The maximum absolute atomic E-state index is 12.6. The first-order valence-corrected chi connectivity index (χ1v) is 9.04. The Balaban J connectivity index is 1.42. The summed E-state index contributed by atoms with van der Waals surface area (Å²) in [4.78, 5) is 26.2. The Morgan fingerprint density at radius 3 is 2.68 bits per heavy atom. The van der Waals surface area contributed by atoms with E-state index >= 15 is 0 Å². The molecule has 0 spiro atoms. The van der Waals surface area contributed by atoms with Gasteiger partial charge in [-0.05, 0) is 50.3 Å². The Bertz CT molecular complexity index is 771. The minimum absolute atomic E-state index is 0.00634. The van der Waals surface area contributed by atoms with Crippen LogP contribution < -0.4 is 10.6 Å². The van der Waals surface area contributed by atoms with Crippen molar-refractivity contribution in [3.05, 3.63) is 28.8 Å². The molecule has 1 aromatic carbocycles. The van der Waals surface area contributed by atoms with Gasteiger partial charge in [-0.1, -0.05) is 11.6 Å². The average Bonchev–Trinajstić information content (AvgIpc) is 3.30. The zero-order chi connectivity index (χ0) is 17.6. The van der Waals surface area contributed by atoms with Crippen molar-refractivity contribution in [1.29, 1.82) is 5.26 Å². The third-order valence-electron chi connectivity index (χ3n) is 5.40. The molecule has 130 valence electrons. The Kier molecular flexibility index (Phi) is 4.04. The van der Waals surface area contributed by atoms with Gasteiger partial charge < -0.3 is 15.5 Å². The van der Waals surface area contributed by atoms with Crippen LogP contribution in [0.2, 0.25) is 5.02 Å². The number of anilines is 1. The first-order valence-electron chi connectivity index (χ1n) is 8.66. The molecule has 1 aliphatic carbocycles. The molecule has 0 unspecified atom stereocenters. The van der Waals surface area contributed by atoms with E-state index in [2.05, 4.69) is 16.8 Å². The van der Waals surface area contributed by atoms with Gasteiger partial charge in [-0.3, -0.25) is 9.59 Å². The Hall–Kier alpha value is -2.26. The van der Waals surface area contributed by atoms with Crippen molar-refractivity contribution in [2.75, 3.05) is 5.32 Å². The van der Waals surface area contributed by atoms with Crippen LogP contribution in [0.4, 0.5) is 5.69 Å². The van der Waals surface area contributed by atoms with Gasteiger partial charge in [0.1, 0.15) is 0 Å². The molecule has 3 atom stereocenters. The van der Waals surface area contributed by atoms with E-state index in [1.807, 2.05) is 4.90 Å². The number of hydrogen-bond donors (Lipinski definition) is 2. The predicted molar refractivity (Wildman–Crippen MR) is 92.9 cm³/mol. The van der Waals surface area contributed by atoms with Crippen LogP contribution in [0.1, 0.15) is 42.5 Å². The lowest BCUT2D eigenvalue weighted by Crippen LogP contribution is -2.43. The van der Waals surface area contributed by atoms with E-state index in [0.29, 0.717) is 16.3 Å². The zero-order valence-corrected chi connectivity index (χ0v) is 14.4. The Labute approximate surface area is 151 Å². The van der Waals surface area contributed by atoms with Crippen LogP contribution in [0, 0.1) is 17.4 Å². The normalized spacial score (nSPS) is 27.0. The summed E-state index contributed by atoms with van der Waals surface area (Å²) in [6.45, 7) is 0. The molecule has 3 aliphatic rings. The molecule has 0 aromatic heterocycles. The fourth-order valence-electron chi connectivity index (χ4n) is 3.91. The number of fused-ring (bicyclic) bond motifs is 2. The quantitative estimate of drug-likeness (QED) is 0.810. The number of nitrogens with one attached hydrogen (secondary N) is 2. The fraction of sp³-hybridized carbons (Fsp3) is 0.500. The molecule has 1 saturated carbocycles. The molecule has 2 heterocycles. The van der Waals surface area contributed by atoms with Crippen LogP contribution in [0.3, 0.4) is 0 Å². The number of nitrogens with zero attached hydrogens (tertiary/aromatic N) is 2. The average molecular weight is 359 g/mol. The highest BCUT2D eigenvalue weighted by atomic mass is 35.5. The summed E-state index contributed by atoms with van der Waals surface area (Å²) in [5.74, 6) is -0.116. The van der Waals surface area contributed by atoms with Crippen molar-refractivity contribution in [2.45, 2.75) is 50.2 Å². The lowest BCUT2D eigenvalue weighted by Gasteiger charge is -2.22. The predicted octanol–water partition coefficient (Wildman–Crippen LogP) is 2.50. The molecule has 2 N–H and O–H groups in total. The third-order valence-corrected chi connectivity index (χ3v) is 5.71. The second-order valence-corrected chi connectivity index (χ2v) is 7.49. The second-order valence-electron chi connectivity index (χ2n) is 7.08. The van der Waals surface area contributed by atoms with E-state index in [1.54, 1.807) is 18.2 Å². The van der Waals surface area contributed by atoms with Crippen LogP contribution in [-0.4, -0.2) is 34.8 Å². The SMILES string of the molecule is N#CN1[C@H]2CC[C@@H]1[C@H](NC(=O)c1ccc(NC(=O)C3CC3)cc1Cl)C2. The van der Waals surface area contributed by atoms with E-state index in [1.165, 1.54) is 0 Å². The summed E-state index contributed by atoms with van der Waals surface area (Å²) in [6.07, 6.45) is 6.85. The standard InChI is InChI=1S/C18H19ClN4O2/c19-14-7-11(21-17(24)10-1-2-10)3-5-13(14)18(25)22-15-8-12-4-6-16(15)23(12)9-20/h3,5,7,10,12,15-16H,1-2,4,6,8H2,(H,21,24)(H,22,25)/t12-,15+,16+/m0/s1. The highest BCUT2D eigenvalue weighted by Crippen LogP contribution is 2.37. The Morgan fingerprint density at radius 2 is 2.04 bits per heavy atom. The molecule has 2 bridgehead atoms. The van der Waals surface area contributed by atoms with Crippen molar-refractivity contribution in [1.82, 2.24) is 10.2 Å². The van der Waals surface area contributed by atoms with Gasteiger partial charge in [0.05, 0.1) is 22.7 Å². The van der Waals surface area contributed by atoms with Gasteiger partial charge >= 0.3 is 0 Å². The van der Waals surface area contributed by atoms with Crippen LogP contribution in [-0.2, 0) is 4.79 Å². The molecule has 2 aliphatic heterocycles. The van der Waals surface area contributed by atoms with Crippen molar-refractivity contribution in [3.63, 3.8) is 0 Å². The minimum Gasteiger partial charge on any atom is -0.347 e.